The van der Waals surface area contributed by atoms with Crippen molar-refractivity contribution in [3.05, 3.63) is 40.5 Å². The van der Waals surface area contributed by atoms with Crippen LogP contribution < -0.4 is 15.8 Å². The number of likely N-dealkylation sites (tertiary alicyclic amines) is 1. The van der Waals surface area contributed by atoms with E-state index in [-0.39, 0.29) is 6.03 Å². The highest BCUT2D eigenvalue weighted by Crippen LogP contribution is 2.37. The van der Waals surface area contributed by atoms with Crippen molar-refractivity contribution in [3.8, 4) is 17.0 Å². The number of allylic oxidation sites excluding steroid dienone is 1. The van der Waals surface area contributed by atoms with Crippen molar-refractivity contribution in [2.75, 3.05) is 31.6 Å². The molecule has 2 aromatic rings. The monoisotopic (exact) mass is 473 g/mol. The molecule has 0 radical (unpaired) electrons. The number of amides is 2. The summed E-state index contributed by atoms with van der Waals surface area (Å²) in [6.07, 6.45) is 8.79. The van der Waals surface area contributed by atoms with E-state index < -0.39 is 0 Å². The van der Waals surface area contributed by atoms with Gasteiger partial charge >= 0.3 is 6.03 Å². The molecule has 0 bridgehead atoms. The molecule has 7 nitrogen and oxygen atoms in total. The Labute approximate surface area is 185 Å². The number of urea groups is 1. The number of hydrogen-bond donors (Lipinski definition) is 2. The van der Waals surface area contributed by atoms with Gasteiger partial charge in [-0.15, -0.1) is 0 Å². The third-order valence-corrected chi connectivity index (χ3v) is 6.43. The molecule has 1 saturated heterocycles. The number of ether oxygens (including phenoxy) is 1. The first-order chi connectivity index (χ1) is 14.6. The minimum atomic E-state index is -0.0643. The van der Waals surface area contributed by atoms with Gasteiger partial charge in [0.1, 0.15) is 12.4 Å². The largest absolute Gasteiger partial charge is 0.492 e. The first-order valence-electron chi connectivity index (χ1n) is 10.5. The Bertz CT molecular complexity index is 935. The van der Waals surface area contributed by atoms with E-state index in [0.717, 1.165) is 47.3 Å². The SMILES string of the molecule is Cn1ncc(Br)c1-c1cc(NC(=O)N2CCC3CCCC=C3C2)ccc1OCCN. The van der Waals surface area contributed by atoms with Gasteiger partial charge in [0.25, 0.3) is 0 Å². The maximum absolute atomic E-state index is 12.9. The van der Waals surface area contributed by atoms with Gasteiger partial charge in [0.2, 0.25) is 0 Å². The van der Waals surface area contributed by atoms with E-state index >= 15 is 0 Å². The molecule has 1 aliphatic heterocycles. The number of carbonyl (C=O) groups is 1. The lowest BCUT2D eigenvalue weighted by Crippen LogP contribution is -2.42. The van der Waals surface area contributed by atoms with Crippen LogP contribution in [-0.2, 0) is 7.05 Å². The third-order valence-electron chi connectivity index (χ3n) is 5.85. The van der Waals surface area contributed by atoms with Crippen LogP contribution >= 0.6 is 15.9 Å². The number of aryl methyl sites for hydroxylation is 1. The van der Waals surface area contributed by atoms with Gasteiger partial charge in [0.05, 0.1) is 16.4 Å². The van der Waals surface area contributed by atoms with E-state index in [1.54, 1.807) is 10.9 Å². The van der Waals surface area contributed by atoms with Gasteiger partial charge < -0.3 is 20.7 Å². The van der Waals surface area contributed by atoms with Gasteiger partial charge in [-0.1, -0.05) is 11.6 Å². The number of rotatable bonds is 5. The summed E-state index contributed by atoms with van der Waals surface area (Å²) in [4.78, 5) is 14.9. The molecular formula is C22H28BrN5O2. The second-order valence-electron chi connectivity index (χ2n) is 7.86. The number of carbonyl (C=O) groups excluding carboxylic acids is 1. The first-order valence-corrected chi connectivity index (χ1v) is 11.3. The summed E-state index contributed by atoms with van der Waals surface area (Å²) in [5.74, 6) is 1.37. The van der Waals surface area contributed by atoms with Crippen molar-refractivity contribution in [3.63, 3.8) is 0 Å². The molecule has 30 heavy (non-hydrogen) atoms. The molecule has 3 N–H and O–H groups in total. The Balaban J connectivity index is 1.55. The summed E-state index contributed by atoms with van der Waals surface area (Å²) >= 11 is 3.56. The first kappa shape index (κ1) is 20.9. The second kappa shape index (κ2) is 9.22. The Kier molecular flexibility index (Phi) is 6.43. The molecule has 0 spiro atoms. The zero-order valence-electron chi connectivity index (χ0n) is 17.2. The maximum Gasteiger partial charge on any atom is 0.322 e. The predicted molar refractivity (Wildman–Crippen MR) is 122 cm³/mol. The van der Waals surface area contributed by atoms with Crippen LogP contribution in [0.3, 0.4) is 0 Å². The highest BCUT2D eigenvalue weighted by Gasteiger charge is 2.28. The Morgan fingerprint density at radius 1 is 1.40 bits per heavy atom. The molecule has 8 heteroatoms. The van der Waals surface area contributed by atoms with Crippen LogP contribution in [-0.4, -0.2) is 47.0 Å². The Morgan fingerprint density at radius 3 is 3.03 bits per heavy atom. The normalized spacial score (nSPS) is 18.6. The molecule has 1 aliphatic carbocycles. The fraction of sp³-hybridized carbons (Fsp3) is 0.455. The quantitative estimate of drug-likeness (QED) is 0.638. The van der Waals surface area contributed by atoms with Crippen molar-refractivity contribution >= 4 is 27.6 Å². The molecular weight excluding hydrogens is 446 g/mol. The maximum atomic E-state index is 12.9. The van der Waals surface area contributed by atoms with E-state index in [1.807, 2.05) is 30.1 Å². The molecule has 1 fully saturated rings. The van der Waals surface area contributed by atoms with E-state index in [2.05, 4.69) is 32.4 Å². The van der Waals surface area contributed by atoms with Crippen molar-refractivity contribution in [1.29, 1.82) is 0 Å². The van der Waals surface area contributed by atoms with Gasteiger partial charge in [0.15, 0.2) is 0 Å². The molecule has 2 heterocycles. The molecule has 2 amide bonds. The number of aromatic nitrogens is 2. The number of nitrogens with one attached hydrogen (secondary N) is 1. The van der Waals surface area contributed by atoms with Crippen LogP contribution in [0.4, 0.5) is 10.5 Å². The van der Waals surface area contributed by atoms with Crippen LogP contribution in [0.25, 0.3) is 11.3 Å². The van der Waals surface area contributed by atoms with Crippen molar-refractivity contribution in [1.82, 2.24) is 14.7 Å². The zero-order valence-corrected chi connectivity index (χ0v) is 18.8. The minimum Gasteiger partial charge on any atom is -0.492 e. The number of benzene rings is 1. The highest BCUT2D eigenvalue weighted by atomic mass is 79.9. The predicted octanol–water partition coefficient (Wildman–Crippen LogP) is 4.15. The molecule has 0 saturated carbocycles. The molecule has 160 valence electrons. The lowest BCUT2D eigenvalue weighted by molar-refractivity contribution is 0.199. The van der Waals surface area contributed by atoms with Gasteiger partial charge in [-0.3, -0.25) is 4.68 Å². The lowest BCUT2D eigenvalue weighted by atomic mass is 9.82. The number of hydrogen-bond acceptors (Lipinski definition) is 4. The molecule has 1 aromatic heterocycles. The van der Waals surface area contributed by atoms with Crippen molar-refractivity contribution < 1.29 is 9.53 Å². The zero-order chi connectivity index (χ0) is 21.1. The topological polar surface area (TPSA) is 85.4 Å². The van der Waals surface area contributed by atoms with E-state index in [0.29, 0.717) is 24.8 Å². The fourth-order valence-electron chi connectivity index (χ4n) is 4.32. The van der Waals surface area contributed by atoms with Crippen molar-refractivity contribution in [2.24, 2.45) is 18.7 Å². The summed E-state index contributed by atoms with van der Waals surface area (Å²) in [6.45, 7) is 2.37. The summed E-state index contributed by atoms with van der Waals surface area (Å²) in [5.41, 5.74) is 9.49. The van der Waals surface area contributed by atoms with E-state index in [4.69, 9.17) is 10.5 Å². The van der Waals surface area contributed by atoms with Crippen LogP contribution in [0.15, 0.2) is 40.5 Å². The molecule has 1 atom stereocenters. The molecule has 2 aliphatic rings. The Morgan fingerprint density at radius 2 is 2.27 bits per heavy atom. The second-order valence-corrected chi connectivity index (χ2v) is 8.71. The van der Waals surface area contributed by atoms with Crippen LogP contribution in [0.2, 0.25) is 0 Å². The number of nitrogens with two attached hydrogens (primary N) is 1. The van der Waals surface area contributed by atoms with Gasteiger partial charge in [0, 0.05) is 37.9 Å². The Hall–Kier alpha value is -2.32. The number of fused-ring (bicyclic) bond motifs is 1. The molecule has 1 aromatic carbocycles. The summed E-state index contributed by atoms with van der Waals surface area (Å²) in [5, 5.41) is 7.37. The van der Waals surface area contributed by atoms with Crippen LogP contribution in [0.5, 0.6) is 5.75 Å². The number of piperidine rings is 1. The number of anilines is 1. The van der Waals surface area contributed by atoms with E-state index in [1.165, 1.54) is 18.4 Å². The van der Waals surface area contributed by atoms with Crippen LogP contribution in [0, 0.1) is 5.92 Å². The summed E-state index contributed by atoms with van der Waals surface area (Å²) < 4.78 is 8.48. The van der Waals surface area contributed by atoms with Gasteiger partial charge in [-0.2, -0.15) is 5.10 Å². The number of halogens is 1. The third kappa shape index (κ3) is 4.39. The average Bonchev–Trinajstić information content (AvgIpc) is 3.10. The lowest BCUT2D eigenvalue weighted by Gasteiger charge is -2.36. The van der Waals surface area contributed by atoms with Crippen LogP contribution in [0.1, 0.15) is 25.7 Å². The standard InChI is InChI=1S/C22H28BrN5O2/c1-27-21(19(23)13-25-27)18-12-17(6-7-20(18)30-11-9-24)26-22(29)28-10-8-15-4-2-3-5-16(15)14-28/h5-7,12-13,15H,2-4,8-11,14,24H2,1H3,(H,26,29). The smallest absolute Gasteiger partial charge is 0.322 e. The number of nitrogens with zero attached hydrogens (tertiary/aromatic N) is 3. The van der Waals surface area contributed by atoms with Gasteiger partial charge in [-0.25, -0.2) is 4.79 Å². The minimum absolute atomic E-state index is 0.0643. The average molecular weight is 474 g/mol. The van der Waals surface area contributed by atoms with Gasteiger partial charge in [-0.05, 0) is 65.7 Å². The fourth-order valence-corrected chi connectivity index (χ4v) is 4.88. The summed E-state index contributed by atoms with van der Waals surface area (Å²) in [6, 6.07) is 5.60. The molecule has 1 unspecified atom stereocenters. The van der Waals surface area contributed by atoms with Crippen molar-refractivity contribution in [2.45, 2.75) is 25.7 Å². The summed E-state index contributed by atoms with van der Waals surface area (Å²) in [7, 11) is 1.88. The van der Waals surface area contributed by atoms with E-state index in [9.17, 15) is 4.79 Å². The highest BCUT2D eigenvalue weighted by molar-refractivity contribution is 9.10. The molecule has 4 rings (SSSR count).